The van der Waals surface area contributed by atoms with Gasteiger partial charge in [0.05, 0.1) is 19.3 Å². The Hall–Kier alpha value is -0.650. The molecule has 0 radical (unpaired) electrons. The third-order valence-corrected chi connectivity index (χ3v) is 2.15. The first-order valence-electron chi connectivity index (χ1n) is 5.99. The van der Waals surface area contributed by atoms with Crippen molar-refractivity contribution in [2.24, 2.45) is 0 Å². The van der Waals surface area contributed by atoms with Crippen molar-refractivity contribution in [1.29, 1.82) is 0 Å². The lowest BCUT2D eigenvalue weighted by Crippen LogP contribution is -2.35. The Balaban J connectivity index is 3.94. The van der Waals surface area contributed by atoms with Crippen molar-refractivity contribution in [3.05, 3.63) is 0 Å². The van der Waals surface area contributed by atoms with Crippen molar-refractivity contribution in [3.63, 3.8) is 0 Å². The van der Waals surface area contributed by atoms with Crippen molar-refractivity contribution in [1.82, 2.24) is 4.90 Å². The highest BCUT2D eigenvalue weighted by atomic mass is 16.5. The number of esters is 1. The highest BCUT2D eigenvalue weighted by Crippen LogP contribution is 1.96. The van der Waals surface area contributed by atoms with Crippen LogP contribution in [0.15, 0.2) is 0 Å². The molecule has 0 saturated carbocycles. The minimum Gasteiger partial charge on any atom is -0.462 e. The molecule has 102 valence electrons. The standard InChI is InChI=1S/C12H25NO4/c1-11(2)17-12(14)10-13(7-9-16-4)6-5-8-15-3/h11H,5-10H2,1-4H3. The van der Waals surface area contributed by atoms with E-state index in [1.165, 1.54) is 0 Å². The number of hydrogen-bond donors (Lipinski definition) is 0. The maximum Gasteiger partial charge on any atom is 0.320 e. The van der Waals surface area contributed by atoms with Crippen LogP contribution in [0.1, 0.15) is 20.3 Å². The van der Waals surface area contributed by atoms with E-state index in [2.05, 4.69) is 0 Å². The molecule has 0 N–H and O–H groups in total. The van der Waals surface area contributed by atoms with Crippen LogP contribution in [0, 0.1) is 0 Å². The minimum absolute atomic E-state index is 0.0641. The summed E-state index contributed by atoms with van der Waals surface area (Å²) in [6.07, 6.45) is 0.834. The Bertz CT molecular complexity index is 197. The van der Waals surface area contributed by atoms with Crippen LogP contribution in [0.3, 0.4) is 0 Å². The molecular weight excluding hydrogens is 222 g/mol. The largest absolute Gasteiger partial charge is 0.462 e. The lowest BCUT2D eigenvalue weighted by Gasteiger charge is -2.21. The Morgan fingerprint density at radius 1 is 1.12 bits per heavy atom. The predicted octanol–water partition coefficient (Wildman–Crippen LogP) is 0.923. The fraction of sp³-hybridized carbons (Fsp3) is 0.917. The third-order valence-electron chi connectivity index (χ3n) is 2.15. The topological polar surface area (TPSA) is 48.0 Å². The molecule has 17 heavy (non-hydrogen) atoms. The van der Waals surface area contributed by atoms with E-state index in [0.717, 1.165) is 19.5 Å². The van der Waals surface area contributed by atoms with Crippen LogP contribution < -0.4 is 0 Å². The molecular formula is C12H25NO4. The molecule has 5 heteroatoms. The van der Waals surface area contributed by atoms with Gasteiger partial charge in [-0.25, -0.2) is 0 Å². The molecule has 0 aromatic heterocycles. The van der Waals surface area contributed by atoms with E-state index >= 15 is 0 Å². The lowest BCUT2D eigenvalue weighted by atomic mass is 10.3. The molecule has 0 unspecified atom stereocenters. The highest BCUT2D eigenvalue weighted by molar-refractivity contribution is 5.71. The number of carbonyl (C=O) groups is 1. The van der Waals surface area contributed by atoms with Crippen LogP contribution >= 0.6 is 0 Å². The molecule has 0 atom stereocenters. The van der Waals surface area contributed by atoms with E-state index in [9.17, 15) is 4.79 Å². The van der Waals surface area contributed by atoms with E-state index in [4.69, 9.17) is 14.2 Å². The summed E-state index contributed by atoms with van der Waals surface area (Å²) < 4.78 is 15.1. The maximum atomic E-state index is 11.5. The molecule has 0 rings (SSSR count). The van der Waals surface area contributed by atoms with Gasteiger partial charge in [0, 0.05) is 33.9 Å². The Kier molecular flexibility index (Phi) is 10.1. The zero-order chi connectivity index (χ0) is 13.1. The quantitative estimate of drug-likeness (QED) is 0.424. The summed E-state index contributed by atoms with van der Waals surface area (Å²) in [4.78, 5) is 13.5. The van der Waals surface area contributed by atoms with E-state index in [1.54, 1.807) is 14.2 Å². The van der Waals surface area contributed by atoms with Crippen LogP contribution in [0.2, 0.25) is 0 Å². The number of methoxy groups -OCH3 is 2. The van der Waals surface area contributed by atoms with Gasteiger partial charge >= 0.3 is 5.97 Å². The van der Waals surface area contributed by atoms with Crippen molar-refractivity contribution in [3.8, 4) is 0 Å². The van der Waals surface area contributed by atoms with Gasteiger partial charge in [-0.3, -0.25) is 9.69 Å². The molecule has 0 heterocycles. The van der Waals surface area contributed by atoms with Crippen LogP contribution in [0.4, 0.5) is 0 Å². The molecule has 0 aliphatic heterocycles. The zero-order valence-corrected chi connectivity index (χ0v) is 11.4. The second kappa shape index (κ2) is 10.5. The number of carbonyl (C=O) groups excluding carboxylic acids is 1. The zero-order valence-electron chi connectivity index (χ0n) is 11.4. The second-order valence-corrected chi connectivity index (χ2v) is 4.15. The first-order chi connectivity index (χ1) is 8.10. The third kappa shape index (κ3) is 10.2. The van der Waals surface area contributed by atoms with Gasteiger partial charge in [0.1, 0.15) is 0 Å². The van der Waals surface area contributed by atoms with Crippen LogP contribution in [0.5, 0.6) is 0 Å². The first kappa shape index (κ1) is 16.4. The van der Waals surface area contributed by atoms with Crippen LogP contribution in [-0.2, 0) is 19.0 Å². The number of nitrogens with zero attached hydrogens (tertiary/aromatic N) is 1. The Morgan fingerprint density at radius 2 is 1.76 bits per heavy atom. The van der Waals surface area contributed by atoms with Gasteiger partial charge in [-0.05, 0) is 20.3 Å². The monoisotopic (exact) mass is 247 g/mol. The van der Waals surface area contributed by atoms with Gasteiger partial charge < -0.3 is 14.2 Å². The summed E-state index contributed by atoms with van der Waals surface area (Å²) in [6.45, 7) is 6.86. The van der Waals surface area contributed by atoms with E-state index in [1.807, 2.05) is 18.7 Å². The first-order valence-corrected chi connectivity index (χ1v) is 5.99. The summed E-state index contributed by atoms with van der Waals surface area (Å²) in [6, 6.07) is 0. The molecule has 0 saturated heterocycles. The van der Waals surface area contributed by atoms with Gasteiger partial charge in [0.2, 0.25) is 0 Å². The lowest BCUT2D eigenvalue weighted by molar-refractivity contribution is -0.148. The van der Waals surface area contributed by atoms with Gasteiger partial charge in [-0.1, -0.05) is 0 Å². The maximum absolute atomic E-state index is 11.5. The molecule has 0 aromatic carbocycles. The van der Waals surface area contributed by atoms with Crippen molar-refractivity contribution >= 4 is 5.97 Å². The van der Waals surface area contributed by atoms with Gasteiger partial charge in [0.15, 0.2) is 0 Å². The summed E-state index contributed by atoms with van der Waals surface area (Å²) in [5.74, 6) is -0.187. The highest BCUT2D eigenvalue weighted by Gasteiger charge is 2.12. The fourth-order valence-electron chi connectivity index (χ4n) is 1.41. The molecule has 0 spiro atoms. The Labute approximate surface area is 104 Å². The van der Waals surface area contributed by atoms with Crippen LogP contribution in [0.25, 0.3) is 0 Å². The number of hydrogen-bond acceptors (Lipinski definition) is 5. The summed E-state index contributed by atoms with van der Waals surface area (Å²) in [5, 5.41) is 0. The van der Waals surface area contributed by atoms with Gasteiger partial charge in [-0.15, -0.1) is 0 Å². The molecule has 0 amide bonds. The molecule has 0 aliphatic rings. The average Bonchev–Trinajstić information content (AvgIpc) is 2.24. The van der Waals surface area contributed by atoms with E-state index in [0.29, 0.717) is 19.8 Å². The minimum atomic E-state index is -0.187. The normalized spacial score (nSPS) is 11.2. The second-order valence-electron chi connectivity index (χ2n) is 4.15. The molecule has 0 bridgehead atoms. The summed E-state index contributed by atoms with van der Waals surface area (Å²) in [7, 11) is 3.33. The smallest absolute Gasteiger partial charge is 0.320 e. The van der Waals surface area contributed by atoms with Gasteiger partial charge in [-0.2, -0.15) is 0 Å². The summed E-state index contributed by atoms with van der Waals surface area (Å²) >= 11 is 0. The van der Waals surface area contributed by atoms with E-state index in [-0.39, 0.29) is 12.1 Å². The van der Waals surface area contributed by atoms with Crippen LogP contribution in [-0.4, -0.2) is 64.0 Å². The van der Waals surface area contributed by atoms with Crippen molar-refractivity contribution < 1.29 is 19.0 Å². The number of rotatable bonds is 10. The number of ether oxygens (including phenoxy) is 3. The molecule has 0 aliphatic carbocycles. The molecule has 0 aromatic rings. The molecule has 0 fully saturated rings. The van der Waals surface area contributed by atoms with E-state index < -0.39 is 0 Å². The average molecular weight is 247 g/mol. The van der Waals surface area contributed by atoms with Crippen molar-refractivity contribution in [2.75, 3.05) is 47.1 Å². The fourth-order valence-corrected chi connectivity index (χ4v) is 1.41. The van der Waals surface area contributed by atoms with Gasteiger partial charge in [0.25, 0.3) is 0 Å². The predicted molar refractivity (Wildman–Crippen MR) is 66.0 cm³/mol. The summed E-state index contributed by atoms with van der Waals surface area (Å²) in [5.41, 5.74) is 0. The van der Waals surface area contributed by atoms with Crippen molar-refractivity contribution in [2.45, 2.75) is 26.4 Å². The molecule has 5 nitrogen and oxygen atoms in total. The Morgan fingerprint density at radius 3 is 2.29 bits per heavy atom. The SMILES string of the molecule is COCCCN(CCOC)CC(=O)OC(C)C.